The highest BCUT2D eigenvalue weighted by molar-refractivity contribution is 5.23. The van der Waals surface area contributed by atoms with Crippen LogP contribution in [0, 0.1) is 13.8 Å². The first-order chi connectivity index (χ1) is 9.08. The third-order valence-electron chi connectivity index (χ3n) is 3.25. The average Bonchev–Trinajstić information content (AvgIpc) is 2.70. The molecular weight excluding hydrogens is 236 g/mol. The number of aryl methyl sites for hydroxylation is 2. The zero-order valence-corrected chi connectivity index (χ0v) is 11.9. The molecule has 3 nitrogen and oxygen atoms in total. The van der Waals surface area contributed by atoms with Crippen molar-refractivity contribution >= 4 is 0 Å². The fourth-order valence-corrected chi connectivity index (χ4v) is 2.31. The molecule has 0 radical (unpaired) electrons. The smallest absolute Gasteiger partial charge is 0.118 e. The standard InChI is InChI=1S/C16H22N2O/c1-12-5-4-6-14(7-12)10-18(3)11-15-8-16(9-17)19-13(15)2/h4-8H,9-11,17H2,1-3H3. The molecule has 2 aromatic rings. The van der Waals surface area contributed by atoms with Gasteiger partial charge < -0.3 is 10.2 Å². The molecule has 0 atom stereocenters. The second-order valence-electron chi connectivity index (χ2n) is 5.16. The van der Waals surface area contributed by atoms with Gasteiger partial charge in [-0.1, -0.05) is 29.8 Å². The third kappa shape index (κ3) is 3.69. The van der Waals surface area contributed by atoms with Crippen LogP contribution >= 0.6 is 0 Å². The van der Waals surface area contributed by atoms with Crippen molar-refractivity contribution < 1.29 is 4.42 Å². The molecule has 0 aliphatic heterocycles. The maximum absolute atomic E-state index is 5.60. The van der Waals surface area contributed by atoms with Gasteiger partial charge in [-0.05, 0) is 32.5 Å². The Kier molecular flexibility index (Phi) is 4.40. The highest BCUT2D eigenvalue weighted by Gasteiger charge is 2.09. The van der Waals surface area contributed by atoms with Gasteiger partial charge in [0, 0.05) is 18.7 Å². The van der Waals surface area contributed by atoms with Gasteiger partial charge in [0.25, 0.3) is 0 Å². The Morgan fingerprint density at radius 2 is 1.95 bits per heavy atom. The minimum absolute atomic E-state index is 0.461. The van der Waals surface area contributed by atoms with E-state index in [2.05, 4.69) is 49.2 Å². The molecule has 1 heterocycles. The Morgan fingerprint density at radius 3 is 2.58 bits per heavy atom. The Morgan fingerprint density at radius 1 is 1.16 bits per heavy atom. The van der Waals surface area contributed by atoms with E-state index in [1.54, 1.807) is 0 Å². The molecule has 2 N–H and O–H groups in total. The maximum atomic E-state index is 5.60. The van der Waals surface area contributed by atoms with E-state index in [0.29, 0.717) is 6.54 Å². The number of benzene rings is 1. The Hall–Kier alpha value is -1.58. The van der Waals surface area contributed by atoms with Crippen LogP contribution in [0.4, 0.5) is 0 Å². The van der Waals surface area contributed by atoms with E-state index in [-0.39, 0.29) is 0 Å². The Labute approximate surface area is 115 Å². The first-order valence-corrected chi connectivity index (χ1v) is 6.61. The van der Waals surface area contributed by atoms with Gasteiger partial charge >= 0.3 is 0 Å². The predicted molar refractivity (Wildman–Crippen MR) is 77.7 cm³/mol. The van der Waals surface area contributed by atoms with Crippen molar-refractivity contribution in [1.29, 1.82) is 0 Å². The van der Waals surface area contributed by atoms with E-state index < -0.39 is 0 Å². The highest BCUT2D eigenvalue weighted by Crippen LogP contribution is 2.17. The van der Waals surface area contributed by atoms with E-state index in [4.69, 9.17) is 10.2 Å². The van der Waals surface area contributed by atoms with Crippen molar-refractivity contribution in [1.82, 2.24) is 4.90 Å². The van der Waals surface area contributed by atoms with Crippen LogP contribution in [0.3, 0.4) is 0 Å². The molecule has 19 heavy (non-hydrogen) atoms. The van der Waals surface area contributed by atoms with Crippen LogP contribution in [0.1, 0.15) is 28.2 Å². The number of furan rings is 1. The SMILES string of the molecule is Cc1cccc(CN(C)Cc2cc(CN)oc2C)c1. The Bertz CT molecular complexity index is 545. The summed E-state index contributed by atoms with van der Waals surface area (Å²) in [6, 6.07) is 10.7. The van der Waals surface area contributed by atoms with Crippen molar-refractivity contribution in [3.8, 4) is 0 Å². The summed E-state index contributed by atoms with van der Waals surface area (Å²) >= 11 is 0. The summed E-state index contributed by atoms with van der Waals surface area (Å²) in [5.41, 5.74) is 9.45. The fourth-order valence-electron chi connectivity index (χ4n) is 2.31. The molecule has 3 heteroatoms. The molecule has 102 valence electrons. The number of rotatable bonds is 5. The van der Waals surface area contributed by atoms with Crippen LogP contribution in [0.25, 0.3) is 0 Å². The zero-order valence-electron chi connectivity index (χ0n) is 11.9. The molecule has 0 fully saturated rings. The van der Waals surface area contributed by atoms with E-state index in [1.807, 2.05) is 6.92 Å². The van der Waals surface area contributed by atoms with Crippen LogP contribution in [0.2, 0.25) is 0 Å². The quantitative estimate of drug-likeness (QED) is 0.896. The van der Waals surface area contributed by atoms with Crippen molar-refractivity contribution in [2.75, 3.05) is 7.05 Å². The lowest BCUT2D eigenvalue weighted by Gasteiger charge is -2.16. The molecule has 0 saturated carbocycles. The van der Waals surface area contributed by atoms with Crippen molar-refractivity contribution in [3.63, 3.8) is 0 Å². The van der Waals surface area contributed by atoms with Gasteiger partial charge in [0.15, 0.2) is 0 Å². The molecule has 0 aliphatic rings. The molecule has 0 unspecified atom stereocenters. The molecule has 1 aromatic carbocycles. The second-order valence-corrected chi connectivity index (χ2v) is 5.16. The highest BCUT2D eigenvalue weighted by atomic mass is 16.3. The lowest BCUT2D eigenvalue weighted by atomic mass is 10.1. The number of hydrogen-bond donors (Lipinski definition) is 1. The summed E-state index contributed by atoms with van der Waals surface area (Å²) in [6.07, 6.45) is 0. The van der Waals surface area contributed by atoms with Gasteiger partial charge in [-0.25, -0.2) is 0 Å². The summed E-state index contributed by atoms with van der Waals surface area (Å²) in [5.74, 6) is 1.83. The van der Waals surface area contributed by atoms with E-state index >= 15 is 0 Å². The Balaban J connectivity index is 2.00. The largest absolute Gasteiger partial charge is 0.465 e. The number of nitrogens with two attached hydrogens (primary N) is 1. The van der Waals surface area contributed by atoms with Crippen LogP contribution in [0.5, 0.6) is 0 Å². The molecule has 0 spiro atoms. The van der Waals surface area contributed by atoms with Gasteiger partial charge in [-0.3, -0.25) is 4.90 Å². The first-order valence-electron chi connectivity index (χ1n) is 6.61. The molecule has 0 bridgehead atoms. The predicted octanol–water partition coefficient (Wildman–Crippen LogP) is 2.99. The van der Waals surface area contributed by atoms with E-state index in [0.717, 1.165) is 24.6 Å². The number of hydrogen-bond acceptors (Lipinski definition) is 3. The lowest BCUT2D eigenvalue weighted by Crippen LogP contribution is -2.17. The summed E-state index contributed by atoms with van der Waals surface area (Å²) in [5, 5.41) is 0. The number of nitrogens with zero attached hydrogens (tertiary/aromatic N) is 1. The molecule has 0 saturated heterocycles. The van der Waals surface area contributed by atoms with Gasteiger partial charge in [0.05, 0.1) is 6.54 Å². The summed E-state index contributed by atoms with van der Waals surface area (Å²) in [4.78, 5) is 2.28. The molecule has 1 aromatic heterocycles. The van der Waals surface area contributed by atoms with Crippen LogP contribution in [-0.4, -0.2) is 11.9 Å². The second kappa shape index (κ2) is 6.04. The van der Waals surface area contributed by atoms with Crippen LogP contribution in [-0.2, 0) is 19.6 Å². The minimum Gasteiger partial charge on any atom is -0.465 e. The van der Waals surface area contributed by atoms with Gasteiger partial charge in [0.2, 0.25) is 0 Å². The van der Waals surface area contributed by atoms with Crippen LogP contribution < -0.4 is 5.73 Å². The summed E-state index contributed by atoms with van der Waals surface area (Å²) in [7, 11) is 2.12. The fraction of sp³-hybridized carbons (Fsp3) is 0.375. The molecular formula is C16H22N2O. The van der Waals surface area contributed by atoms with Crippen molar-refractivity contribution in [3.05, 3.63) is 58.5 Å². The van der Waals surface area contributed by atoms with Gasteiger partial charge in [-0.2, -0.15) is 0 Å². The van der Waals surface area contributed by atoms with Gasteiger partial charge in [-0.15, -0.1) is 0 Å². The minimum atomic E-state index is 0.461. The average molecular weight is 258 g/mol. The summed E-state index contributed by atoms with van der Waals surface area (Å²) < 4.78 is 5.58. The van der Waals surface area contributed by atoms with Crippen molar-refractivity contribution in [2.45, 2.75) is 33.5 Å². The van der Waals surface area contributed by atoms with Crippen molar-refractivity contribution in [2.24, 2.45) is 5.73 Å². The monoisotopic (exact) mass is 258 g/mol. The normalized spacial score (nSPS) is 11.2. The lowest BCUT2D eigenvalue weighted by molar-refractivity contribution is 0.316. The molecule has 0 amide bonds. The third-order valence-corrected chi connectivity index (χ3v) is 3.25. The topological polar surface area (TPSA) is 42.4 Å². The molecule has 0 aliphatic carbocycles. The summed E-state index contributed by atoms with van der Waals surface area (Å²) in [6.45, 7) is 6.39. The first kappa shape index (κ1) is 13.8. The maximum Gasteiger partial charge on any atom is 0.118 e. The molecule has 2 rings (SSSR count). The van der Waals surface area contributed by atoms with E-state index in [1.165, 1.54) is 16.7 Å². The van der Waals surface area contributed by atoms with Crippen LogP contribution in [0.15, 0.2) is 34.7 Å². The zero-order chi connectivity index (χ0) is 13.8. The van der Waals surface area contributed by atoms with Gasteiger partial charge in [0.1, 0.15) is 11.5 Å². The van der Waals surface area contributed by atoms with E-state index in [9.17, 15) is 0 Å².